The van der Waals surface area contributed by atoms with Crippen molar-refractivity contribution in [2.45, 2.75) is 39.2 Å². The summed E-state index contributed by atoms with van der Waals surface area (Å²) in [6, 6.07) is 6.87. The minimum atomic E-state index is 0.145. The molecule has 16 heavy (non-hydrogen) atoms. The summed E-state index contributed by atoms with van der Waals surface area (Å²) in [7, 11) is 0. The normalized spacial score (nSPS) is 17.1. The molecule has 1 aromatic carbocycles. The van der Waals surface area contributed by atoms with Crippen LogP contribution in [0.1, 0.15) is 43.9 Å². The van der Waals surface area contributed by atoms with Gasteiger partial charge in [-0.3, -0.25) is 0 Å². The third kappa shape index (κ3) is 2.22. The van der Waals surface area contributed by atoms with E-state index in [-0.39, 0.29) is 6.04 Å². The van der Waals surface area contributed by atoms with Gasteiger partial charge in [0.1, 0.15) is 0 Å². The van der Waals surface area contributed by atoms with Crippen molar-refractivity contribution in [3.63, 3.8) is 0 Å². The topological polar surface area (TPSA) is 29.3 Å². The molecule has 0 radical (unpaired) electrons. The van der Waals surface area contributed by atoms with Crippen LogP contribution in [0.5, 0.6) is 0 Å². The minimum absolute atomic E-state index is 0.145. The Balaban J connectivity index is 2.29. The van der Waals surface area contributed by atoms with Crippen LogP contribution in [0.4, 0.5) is 5.69 Å². The summed E-state index contributed by atoms with van der Waals surface area (Å²) < 4.78 is 0. The predicted molar refractivity (Wildman–Crippen MR) is 69.9 cm³/mol. The standard InChI is InChI=1S/C14H22N2/c1-3-8-16-9-4-5-13-10-12(11(2)15)6-7-14(13)16/h6-7,10-11H,3-5,8-9,15H2,1-2H3. The van der Waals surface area contributed by atoms with Crippen molar-refractivity contribution in [1.82, 2.24) is 0 Å². The third-order valence-electron chi connectivity index (χ3n) is 3.34. The van der Waals surface area contributed by atoms with Gasteiger partial charge in [-0.05, 0) is 43.4 Å². The summed E-state index contributed by atoms with van der Waals surface area (Å²) in [5, 5.41) is 0. The van der Waals surface area contributed by atoms with Crippen LogP contribution in [0.2, 0.25) is 0 Å². The number of anilines is 1. The number of aryl methyl sites for hydroxylation is 1. The SMILES string of the molecule is CCCN1CCCc2cc(C(C)N)ccc21. The quantitative estimate of drug-likeness (QED) is 0.845. The van der Waals surface area contributed by atoms with Gasteiger partial charge in [0, 0.05) is 24.8 Å². The molecule has 2 nitrogen and oxygen atoms in total. The molecule has 0 fully saturated rings. The van der Waals surface area contributed by atoms with Crippen LogP contribution < -0.4 is 10.6 Å². The van der Waals surface area contributed by atoms with Crippen LogP contribution in [0.25, 0.3) is 0 Å². The van der Waals surface area contributed by atoms with Crippen molar-refractivity contribution in [1.29, 1.82) is 0 Å². The molecule has 1 heterocycles. The second-order valence-corrected chi connectivity index (χ2v) is 4.77. The molecule has 2 N–H and O–H groups in total. The van der Waals surface area contributed by atoms with Crippen molar-refractivity contribution in [2.24, 2.45) is 5.73 Å². The molecule has 1 aliphatic rings. The first-order valence-corrected chi connectivity index (χ1v) is 6.35. The van der Waals surface area contributed by atoms with E-state index in [2.05, 4.69) is 30.0 Å². The maximum atomic E-state index is 5.93. The van der Waals surface area contributed by atoms with Crippen molar-refractivity contribution in [2.75, 3.05) is 18.0 Å². The van der Waals surface area contributed by atoms with Crippen molar-refractivity contribution < 1.29 is 0 Å². The Kier molecular flexibility index (Phi) is 3.49. The van der Waals surface area contributed by atoms with Crippen LogP contribution in [0.15, 0.2) is 18.2 Å². The largest absolute Gasteiger partial charge is 0.371 e. The first-order chi connectivity index (χ1) is 7.72. The van der Waals surface area contributed by atoms with Crippen molar-refractivity contribution in [3.8, 4) is 0 Å². The molecule has 1 atom stereocenters. The van der Waals surface area contributed by atoms with Crippen LogP contribution in [0, 0.1) is 0 Å². The summed E-state index contributed by atoms with van der Waals surface area (Å²) in [6.45, 7) is 6.67. The molecule has 0 aromatic heterocycles. The van der Waals surface area contributed by atoms with E-state index in [4.69, 9.17) is 5.73 Å². The molecule has 0 amide bonds. The highest BCUT2D eigenvalue weighted by atomic mass is 15.1. The number of fused-ring (bicyclic) bond motifs is 1. The Hall–Kier alpha value is -1.02. The Labute approximate surface area is 98.4 Å². The van der Waals surface area contributed by atoms with Gasteiger partial charge >= 0.3 is 0 Å². The number of hydrogen-bond donors (Lipinski definition) is 1. The predicted octanol–water partition coefficient (Wildman–Crippen LogP) is 2.87. The van der Waals surface area contributed by atoms with Crippen LogP contribution in [-0.4, -0.2) is 13.1 Å². The first-order valence-electron chi connectivity index (χ1n) is 6.35. The van der Waals surface area contributed by atoms with E-state index in [1.807, 2.05) is 6.92 Å². The average molecular weight is 218 g/mol. The lowest BCUT2D eigenvalue weighted by molar-refractivity contribution is 0.678. The first kappa shape index (κ1) is 11.5. The third-order valence-corrected chi connectivity index (χ3v) is 3.34. The Morgan fingerprint density at radius 3 is 2.94 bits per heavy atom. The van der Waals surface area contributed by atoms with E-state index >= 15 is 0 Å². The zero-order valence-corrected chi connectivity index (χ0v) is 10.4. The molecule has 1 aliphatic heterocycles. The fraction of sp³-hybridized carbons (Fsp3) is 0.571. The minimum Gasteiger partial charge on any atom is -0.371 e. The summed E-state index contributed by atoms with van der Waals surface area (Å²) in [5.74, 6) is 0. The Morgan fingerprint density at radius 2 is 2.25 bits per heavy atom. The van der Waals surface area contributed by atoms with E-state index in [9.17, 15) is 0 Å². The lowest BCUT2D eigenvalue weighted by Crippen LogP contribution is -2.30. The number of hydrogen-bond acceptors (Lipinski definition) is 2. The lowest BCUT2D eigenvalue weighted by Gasteiger charge is -2.31. The zero-order chi connectivity index (χ0) is 11.5. The molecule has 88 valence electrons. The fourth-order valence-electron chi connectivity index (χ4n) is 2.48. The second kappa shape index (κ2) is 4.88. The van der Waals surface area contributed by atoms with Gasteiger partial charge in [0.15, 0.2) is 0 Å². The summed E-state index contributed by atoms with van der Waals surface area (Å²) in [5.41, 5.74) is 10.1. The lowest BCUT2D eigenvalue weighted by atomic mass is 9.97. The summed E-state index contributed by atoms with van der Waals surface area (Å²) in [4.78, 5) is 2.50. The van der Waals surface area contributed by atoms with Gasteiger partial charge in [-0.2, -0.15) is 0 Å². The maximum Gasteiger partial charge on any atom is 0.0398 e. The molecule has 1 aromatic rings. The average Bonchev–Trinajstić information content (AvgIpc) is 2.29. The highest BCUT2D eigenvalue weighted by Gasteiger charge is 2.16. The Morgan fingerprint density at radius 1 is 1.44 bits per heavy atom. The molecule has 2 rings (SSSR count). The van der Waals surface area contributed by atoms with E-state index < -0.39 is 0 Å². The van der Waals surface area contributed by atoms with E-state index in [0.717, 1.165) is 0 Å². The van der Waals surface area contributed by atoms with Crippen molar-refractivity contribution in [3.05, 3.63) is 29.3 Å². The number of nitrogens with two attached hydrogens (primary N) is 1. The van der Waals surface area contributed by atoms with Gasteiger partial charge in [0.2, 0.25) is 0 Å². The summed E-state index contributed by atoms with van der Waals surface area (Å²) in [6.07, 6.45) is 3.69. The molecule has 0 aliphatic carbocycles. The zero-order valence-electron chi connectivity index (χ0n) is 10.4. The Bertz CT molecular complexity index is 358. The van der Waals surface area contributed by atoms with Gasteiger partial charge in [-0.15, -0.1) is 0 Å². The molecule has 2 heteroatoms. The van der Waals surface area contributed by atoms with E-state index in [1.54, 1.807) is 0 Å². The van der Waals surface area contributed by atoms with Gasteiger partial charge in [-0.1, -0.05) is 19.1 Å². The monoisotopic (exact) mass is 218 g/mol. The molecule has 0 bridgehead atoms. The number of benzene rings is 1. The van der Waals surface area contributed by atoms with Gasteiger partial charge in [0.25, 0.3) is 0 Å². The van der Waals surface area contributed by atoms with E-state index in [0.29, 0.717) is 0 Å². The molecule has 0 spiro atoms. The maximum absolute atomic E-state index is 5.93. The van der Waals surface area contributed by atoms with Crippen molar-refractivity contribution >= 4 is 5.69 Å². The highest BCUT2D eigenvalue weighted by Crippen LogP contribution is 2.29. The number of rotatable bonds is 3. The van der Waals surface area contributed by atoms with Gasteiger partial charge in [-0.25, -0.2) is 0 Å². The van der Waals surface area contributed by atoms with Crippen LogP contribution >= 0.6 is 0 Å². The summed E-state index contributed by atoms with van der Waals surface area (Å²) >= 11 is 0. The molecule has 0 saturated heterocycles. The van der Waals surface area contributed by atoms with E-state index in [1.165, 1.54) is 49.2 Å². The second-order valence-electron chi connectivity index (χ2n) is 4.77. The fourth-order valence-corrected chi connectivity index (χ4v) is 2.48. The van der Waals surface area contributed by atoms with Crippen LogP contribution in [-0.2, 0) is 6.42 Å². The van der Waals surface area contributed by atoms with Gasteiger partial charge < -0.3 is 10.6 Å². The highest BCUT2D eigenvalue weighted by molar-refractivity contribution is 5.57. The van der Waals surface area contributed by atoms with Gasteiger partial charge in [0.05, 0.1) is 0 Å². The molecular formula is C14H22N2. The molecule has 1 unspecified atom stereocenters. The number of nitrogens with zero attached hydrogens (tertiary/aromatic N) is 1. The molecule has 0 saturated carbocycles. The van der Waals surface area contributed by atoms with Crippen LogP contribution in [0.3, 0.4) is 0 Å². The smallest absolute Gasteiger partial charge is 0.0398 e. The molecular weight excluding hydrogens is 196 g/mol.